The third-order valence-corrected chi connectivity index (χ3v) is 3.23. The average molecular weight is 211 g/mol. The molecular weight excluding hydrogens is 194 g/mol. The highest BCUT2D eigenvalue weighted by Crippen LogP contribution is 2.27. The molecule has 2 nitrogen and oxygen atoms in total. The van der Waals surface area contributed by atoms with Crippen LogP contribution < -0.4 is 5.32 Å². The molecule has 0 atom stereocenters. The number of hydrogen-bond donors (Lipinski definition) is 1. The van der Waals surface area contributed by atoms with Crippen LogP contribution in [0.25, 0.3) is 0 Å². The maximum atomic E-state index is 5.53. The van der Waals surface area contributed by atoms with Crippen LogP contribution >= 0.6 is 11.3 Å². The van der Waals surface area contributed by atoms with Crippen LogP contribution in [0, 0.1) is 5.92 Å². The van der Waals surface area contributed by atoms with Crippen molar-refractivity contribution >= 4 is 11.3 Å². The van der Waals surface area contributed by atoms with Crippen LogP contribution in [-0.4, -0.2) is 19.7 Å². The highest BCUT2D eigenvalue weighted by molar-refractivity contribution is 7.09. The summed E-state index contributed by atoms with van der Waals surface area (Å²) < 4.78 is 5.53. The van der Waals surface area contributed by atoms with Crippen molar-refractivity contribution in [3.63, 3.8) is 0 Å². The first-order chi connectivity index (χ1) is 6.95. The van der Waals surface area contributed by atoms with E-state index >= 15 is 0 Å². The highest BCUT2D eigenvalue weighted by Gasteiger charge is 2.19. The summed E-state index contributed by atoms with van der Waals surface area (Å²) in [7, 11) is 0. The molecule has 0 amide bonds. The summed E-state index contributed by atoms with van der Waals surface area (Å²) in [6.07, 6.45) is 2.84. The van der Waals surface area contributed by atoms with Crippen molar-refractivity contribution in [3.8, 4) is 0 Å². The molecule has 0 spiro atoms. The lowest BCUT2D eigenvalue weighted by atomic mass is 10.4. The molecular formula is C11H17NOS. The standard InChI is InChI=1S/C11H17NOS/c1-2-11(14-7-1)9-13-6-5-12-8-10-3-4-10/h1-2,7,10,12H,3-6,8-9H2. The normalized spacial score (nSPS) is 16.0. The first kappa shape index (κ1) is 10.1. The Morgan fingerprint density at radius 3 is 3.14 bits per heavy atom. The zero-order chi connectivity index (χ0) is 9.64. The molecule has 1 aromatic heterocycles. The van der Waals surface area contributed by atoms with Gasteiger partial charge < -0.3 is 10.1 Å². The largest absolute Gasteiger partial charge is 0.375 e. The van der Waals surface area contributed by atoms with Crippen molar-refractivity contribution in [3.05, 3.63) is 22.4 Å². The van der Waals surface area contributed by atoms with Crippen LogP contribution in [0.3, 0.4) is 0 Å². The van der Waals surface area contributed by atoms with Gasteiger partial charge in [-0.15, -0.1) is 11.3 Å². The molecule has 2 rings (SSSR count). The van der Waals surface area contributed by atoms with Crippen molar-refractivity contribution in [1.82, 2.24) is 5.32 Å². The summed E-state index contributed by atoms with van der Waals surface area (Å²) in [4.78, 5) is 1.31. The fourth-order valence-electron chi connectivity index (χ4n) is 1.34. The van der Waals surface area contributed by atoms with Gasteiger partial charge in [0, 0.05) is 11.4 Å². The summed E-state index contributed by atoms with van der Waals surface area (Å²) in [5.74, 6) is 0.965. The van der Waals surface area contributed by atoms with Crippen LogP contribution in [-0.2, 0) is 11.3 Å². The summed E-state index contributed by atoms with van der Waals surface area (Å²) in [5.41, 5.74) is 0. The van der Waals surface area contributed by atoms with Crippen LogP contribution in [0.5, 0.6) is 0 Å². The molecule has 0 aromatic carbocycles. The lowest BCUT2D eigenvalue weighted by Gasteiger charge is -2.04. The van der Waals surface area contributed by atoms with Gasteiger partial charge in [-0.25, -0.2) is 0 Å². The van der Waals surface area contributed by atoms with E-state index in [0.717, 1.165) is 25.7 Å². The Labute approximate surface area is 89.3 Å². The number of nitrogens with one attached hydrogen (secondary N) is 1. The zero-order valence-corrected chi connectivity index (χ0v) is 9.19. The van der Waals surface area contributed by atoms with E-state index in [4.69, 9.17) is 4.74 Å². The average Bonchev–Trinajstić information content (AvgIpc) is 2.87. The predicted molar refractivity (Wildman–Crippen MR) is 59.6 cm³/mol. The molecule has 3 heteroatoms. The fraction of sp³-hybridized carbons (Fsp3) is 0.636. The van der Waals surface area contributed by atoms with Crippen molar-refractivity contribution < 1.29 is 4.74 Å². The number of rotatable bonds is 7. The molecule has 1 aliphatic rings. The maximum Gasteiger partial charge on any atom is 0.0809 e. The van der Waals surface area contributed by atoms with E-state index in [1.165, 1.54) is 24.3 Å². The van der Waals surface area contributed by atoms with Gasteiger partial charge in [0.1, 0.15) is 0 Å². The third kappa shape index (κ3) is 3.78. The van der Waals surface area contributed by atoms with Crippen LogP contribution in [0.1, 0.15) is 17.7 Å². The van der Waals surface area contributed by atoms with Crippen LogP contribution in [0.4, 0.5) is 0 Å². The van der Waals surface area contributed by atoms with Crippen molar-refractivity contribution in [2.75, 3.05) is 19.7 Å². The first-order valence-electron chi connectivity index (χ1n) is 5.26. The molecule has 0 saturated heterocycles. The van der Waals surface area contributed by atoms with Gasteiger partial charge in [-0.05, 0) is 36.8 Å². The lowest BCUT2D eigenvalue weighted by Crippen LogP contribution is -2.21. The molecule has 14 heavy (non-hydrogen) atoms. The van der Waals surface area contributed by atoms with Crippen molar-refractivity contribution in [2.24, 2.45) is 5.92 Å². The molecule has 1 N–H and O–H groups in total. The van der Waals surface area contributed by atoms with E-state index in [2.05, 4.69) is 22.8 Å². The van der Waals surface area contributed by atoms with E-state index in [1.54, 1.807) is 11.3 Å². The minimum atomic E-state index is 0.767. The van der Waals surface area contributed by atoms with E-state index in [9.17, 15) is 0 Å². The van der Waals surface area contributed by atoms with Gasteiger partial charge in [-0.3, -0.25) is 0 Å². The molecule has 1 heterocycles. The molecule has 0 radical (unpaired) electrons. The molecule has 0 bridgehead atoms. The first-order valence-corrected chi connectivity index (χ1v) is 6.14. The lowest BCUT2D eigenvalue weighted by molar-refractivity contribution is 0.124. The third-order valence-electron chi connectivity index (χ3n) is 2.38. The zero-order valence-electron chi connectivity index (χ0n) is 8.37. The smallest absolute Gasteiger partial charge is 0.0809 e. The highest BCUT2D eigenvalue weighted by atomic mass is 32.1. The molecule has 0 unspecified atom stereocenters. The predicted octanol–water partition coefficient (Wildman–Crippen LogP) is 2.26. The SMILES string of the molecule is c1csc(COCCNCC2CC2)c1. The molecule has 1 saturated carbocycles. The fourth-order valence-corrected chi connectivity index (χ4v) is 1.98. The van der Waals surface area contributed by atoms with Gasteiger partial charge in [0.15, 0.2) is 0 Å². The molecule has 1 fully saturated rings. The number of thiophene rings is 1. The van der Waals surface area contributed by atoms with Gasteiger partial charge in [0.2, 0.25) is 0 Å². The monoisotopic (exact) mass is 211 g/mol. The Balaban J connectivity index is 1.43. The minimum Gasteiger partial charge on any atom is -0.375 e. The topological polar surface area (TPSA) is 21.3 Å². The Hall–Kier alpha value is -0.380. The Kier molecular flexibility index (Phi) is 3.98. The summed E-state index contributed by atoms with van der Waals surface area (Å²) >= 11 is 1.76. The van der Waals surface area contributed by atoms with Crippen LogP contribution in [0.15, 0.2) is 17.5 Å². The summed E-state index contributed by atoms with van der Waals surface area (Å²) in [6.45, 7) is 3.76. The van der Waals surface area contributed by atoms with E-state index in [1.807, 2.05) is 0 Å². The van der Waals surface area contributed by atoms with E-state index in [-0.39, 0.29) is 0 Å². The van der Waals surface area contributed by atoms with Crippen molar-refractivity contribution in [2.45, 2.75) is 19.4 Å². The van der Waals surface area contributed by atoms with Gasteiger partial charge in [-0.1, -0.05) is 6.07 Å². The van der Waals surface area contributed by atoms with Gasteiger partial charge in [-0.2, -0.15) is 0 Å². The quantitative estimate of drug-likeness (QED) is 0.699. The summed E-state index contributed by atoms with van der Waals surface area (Å²) in [5, 5.41) is 5.49. The second-order valence-electron chi connectivity index (χ2n) is 3.78. The summed E-state index contributed by atoms with van der Waals surface area (Å²) in [6, 6.07) is 4.18. The maximum absolute atomic E-state index is 5.53. The minimum absolute atomic E-state index is 0.767. The van der Waals surface area contributed by atoms with Gasteiger partial charge >= 0.3 is 0 Å². The van der Waals surface area contributed by atoms with Gasteiger partial charge in [0.05, 0.1) is 13.2 Å². The second-order valence-corrected chi connectivity index (χ2v) is 4.81. The molecule has 0 aliphatic heterocycles. The van der Waals surface area contributed by atoms with E-state index < -0.39 is 0 Å². The van der Waals surface area contributed by atoms with Crippen LogP contribution in [0.2, 0.25) is 0 Å². The Bertz CT molecular complexity index is 244. The molecule has 1 aliphatic carbocycles. The van der Waals surface area contributed by atoms with Crippen molar-refractivity contribution in [1.29, 1.82) is 0 Å². The Morgan fingerprint density at radius 2 is 2.43 bits per heavy atom. The number of ether oxygens (including phenoxy) is 1. The van der Waals surface area contributed by atoms with Gasteiger partial charge in [0.25, 0.3) is 0 Å². The Morgan fingerprint density at radius 1 is 1.50 bits per heavy atom. The molecule has 78 valence electrons. The molecule has 1 aromatic rings. The number of hydrogen-bond acceptors (Lipinski definition) is 3. The van der Waals surface area contributed by atoms with E-state index in [0.29, 0.717) is 0 Å². The second kappa shape index (κ2) is 5.49.